The van der Waals surface area contributed by atoms with Gasteiger partial charge in [-0.1, -0.05) is 44.9 Å². The molecular weight excluding hydrogens is 222 g/mol. The predicted molar refractivity (Wildman–Crippen MR) is 79.0 cm³/mol. The number of hydrogen-bond donors (Lipinski definition) is 1. The average Bonchev–Trinajstić information content (AvgIpc) is 2.40. The zero-order valence-electron chi connectivity index (χ0n) is 12.2. The number of nitrogens with zero attached hydrogens (tertiary/aromatic N) is 1. The third kappa shape index (κ3) is 3.74. The van der Waals surface area contributed by atoms with Crippen molar-refractivity contribution in [3.63, 3.8) is 0 Å². The molecule has 0 heterocycles. The number of anilines is 1. The first-order valence-electron chi connectivity index (χ1n) is 7.15. The highest BCUT2D eigenvalue weighted by molar-refractivity contribution is 5.54. The Hall–Kier alpha value is -1.02. The van der Waals surface area contributed by atoms with E-state index < -0.39 is 6.10 Å². The minimum absolute atomic E-state index is 0.406. The molecule has 0 spiro atoms. The Kier molecular flexibility index (Phi) is 6.20. The molecular formula is C16H27NO. The van der Waals surface area contributed by atoms with Crippen molar-refractivity contribution in [3.8, 4) is 0 Å². The normalized spacial score (nSPS) is 12.8. The Bertz CT molecular complexity index is 345. The molecule has 0 aliphatic heterocycles. The second-order valence-electron chi connectivity index (χ2n) is 4.96. The molecule has 0 bridgehead atoms. The summed E-state index contributed by atoms with van der Waals surface area (Å²) < 4.78 is 0. The maximum atomic E-state index is 9.87. The van der Waals surface area contributed by atoms with Crippen molar-refractivity contribution < 1.29 is 5.11 Å². The van der Waals surface area contributed by atoms with Crippen molar-refractivity contribution in [2.45, 2.75) is 46.6 Å². The van der Waals surface area contributed by atoms with Crippen molar-refractivity contribution >= 4 is 5.69 Å². The molecule has 0 aromatic heterocycles. The van der Waals surface area contributed by atoms with E-state index in [1.54, 1.807) is 0 Å². The van der Waals surface area contributed by atoms with Crippen molar-refractivity contribution in [3.05, 3.63) is 29.8 Å². The van der Waals surface area contributed by atoms with Crippen molar-refractivity contribution in [2.75, 3.05) is 18.0 Å². The zero-order valence-corrected chi connectivity index (χ0v) is 12.2. The molecule has 1 N–H and O–H groups in total. The minimum Gasteiger partial charge on any atom is -0.389 e. The van der Waals surface area contributed by atoms with Crippen LogP contribution in [0.25, 0.3) is 0 Å². The van der Waals surface area contributed by atoms with Crippen LogP contribution < -0.4 is 4.90 Å². The first-order chi connectivity index (χ1) is 8.63. The van der Waals surface area contributed by atoms with Crippen LogP contribution in [0.5, 0.6) is 0 Å². The van der Waals surface area contributed by atoms with E-state index in [1.807, 2.05) is 19.1 Å². The largest absolute Gasteiger partial charge is 0.389 e. The summed E-state index contributed by atoms with van der Waals surface area (Å²) in [4.78, 5) is 2.39. The SMILES string of the molecule is CCC(CC)CN(CC)c1ccccc1C(C)O. The Labute approximate surface area is 112 Å². The van der Waals surface area contributed by atoms with Crippen LogP contribution in [0.3, 0.4) is 0 Å². The van der Waals surface area contributed by atoms with Gasteiger partial charge in [0.15, 0.2) is 0 Å². The number of aliphatic hydroxyl groups is 1. The molecule has 0 amide bonds. The van der Waals surface area contributed by atoms with E-state index in [9.17, 15) is 5.11 Å². The average molecular weight is 249 g/mol. The molecule has 1 atom stereocenters. The van der Waals surface area contributed by atoms with E-state index in [-0.39, 0.29) is 0 Å². The van der Waals surface area contributed by atoms with E-state index >= 15 is 0 Å². The van der Waals surface area contributed by atoms with Gasteiger partial charge in [-0.2, -0.15) is 0 Å². The predicted octanol–water partition coefficient (Wildman–Crippen LogP) is 4.00. The van der Waals surface area contributed by atoms with E-state index in [0.29, 0.717) is 0 Å². The van der Waals surface area contributed by atoms with Gasteiger partial charge in [0.1, 0.15) is 0 Å². The molecule has 1 unspecified atom stereocenters. The zero-order chi connectivity index (χ0) is 13.5. The maximum absolute atomic E-state index is 9.87. The Morgan fingerprint density at radius 2 is 1.72 bits per heavy atom. The maximum Gasteiger partial charge on any atom is 0.0781 e. The summed E-state index contributed by atoms with van der Waals surface area (Å²) in [5, 5.41) is 9.87. The molecule has 18 heavy (non-hydrogen) atoms. The molecule has 1 aromatic carbocycles. The summed E-state index contributed by atoms with van der Waals surface area (Å²) in [6.45, 7) is 10.6. The summed E-state index contributed by atoms with van der Waals surface area (Å²) in [6.07, 6.45) is 2.02. The van der Waals surface area contributed by atoms with Gasteiger partial charge in [-0.25, -0.2) is 0 Å². The van der Waals surface area contributed by atoms with E-state index in [0.717, 1.165) is 24.6 Å². The number of hydrogen-bond acceptors (Lipinski definition) is 2. The molecule has 0 aliphatic rings. The smallest absolute Gasteiger partial charge is 0.0781 e. The van der Waals surface area contributed by atoms with Crippen molar-refractivity contribution in [1.29, 1.82) is 0 Å². The molecule has 0 fully saturated rings. The monoisotopic (exact) mass is 249 g/mol. The first-order valence-corrected chi connectivity index (χ1v) is 7.15. The van der Waals surface area contributed by atoms with Crippen LogP contribution in [0.2, 0.25) is 0 Å². The number of rotatable bonds is 7. The molecule has 102 valence electrons. The van der Waals surface area contributed by atoms with E-state index in [4.69, 9.17) is 0 Å². The molecule has 2 heteroatoms. The van der Waals surface area contributed by atoms with Crippen LogP contribution in [0, 0.1) is 5.92 Å². The highest BCUT2D eigenvalue weighted by Crippen LogP contribution is 2.27. The van der Waals surface area contributed by atoms with Crippen LogP contribution in [0.1, 0.15) is 52.2 Å². The van der Waals surface area contributed by atoms with Crippen LogP contribution in [0.15, 0.2) is 24.3 Å². The molecule has 0 aliphatic carbocycles. The second-order valence-corrected chi connectivity index (χ2v) is 4.96. The highest BCUT2D eigenvalue weighted by atomic mass is 16.3. The van der Waals surface area contributed by atoms with Crippen LogP contribution >= 0.6 is 0 Å². The summed E-state index contributed by atoms with van der Waals surface area (Å²) in [6, 6.07) is 8.19. The lowest BCUT2D eigenvalue weighted by atomic mass is 10.0. The fraction of sp³-hybridized carbons (Fsp3) is 0.625. The first kappa shape index (κ1) is 15.0. The lowest BCUT2D eigenvalue weighted by Crippen LogP contribution is -2.30. The summed E-state index contributed by atoms with van der Waals surface area (Å²) in [7, 11) is 0. The van der Waals surface area contributed by atoms with Gasteiger partial charge >= 0.3 is 0 Å². The van der Waals surface area contributed by atoms with Crippen molar-refractivity contribution in [1.82, 2.24) is 0 Å². The topological polar surface area (TPSA) is 23.5 Å². The molecule has 0 saturated heterocycles. The third-order valence-corrected chi connectivity index (χ3v) is 3.74. The highest BCUT2D eigenvalue weighted by Gasteiger charge is 2.15. The second kappa shape index (κ2) is 7.42. The number of benzene rings is 1. The minimum atomic E-state index is -0.406. The van der Waals surface area contributed by atoms with Gasteiger partial charge in [0.05, 0.1) is 6.10 Å². The van der Waals surface area contributed by atoms with Crippen LogP contribution in [0.4, 0.5) is 5.69 Å². The van der Waals surface area contributed by atoms with Gasteiger partial charge in [0.25, 0.3) is 0 Å². The molecule has 2 nitrogen and oxygen atoms in total. The van der Waals surface area contributed by atoms with Crippen LogP contribution in [-0.4, -0.2) is 18.2 Å². The lowest BCUT2D eigenvalue weighted by molar-refractivity contribution is 0.199. The van der Waals surface area contributed by atoms with Gasteiger partial charge in [0, 0.05) is 24.3 Å². The van der Waals surface area contributed by atoms with Crippen molar-refractivity contribution in [2.24, 2.45) is 5.92 Å². The number of para-hydroxylation sites is 1. The summed E-state index contributed by atoms with van der Waals surface area (Å²) in [5.74, 6) is 0.729. The van der Waals surface area contributed by atoms with Crippen LogP contribution in [-0.2, 0) is 0 Å². The number of aliphatic hydroxyl groups excluding tert-OH is 1. The van der Waals surface area contributed by atoms with Gasteiger partial charge in [-0.05, 0) is 25.8 Å². The standard InChI is InChI=1S/C16H27NO/c1-5-14(6-2)12-17(7-3)16-11-9-8-10-15(16)13(4)18/h8-11,13-14,18H,5-7,12H2,1-4H3. The van der Waals surface area contributed by atoms with E-state index in [2.05, 4.69) is 37.8 Å². The molecule has 0 radical (unpaired) electrons. The molecule has 0 saturated carbocycles. The third-order valence-electron chi connectivity index (χ3n) is 3.74. The molecule has 1 rings (SSSR count). The fourth-order valence-electron chi connectivity index (χ4n) is 2.39. The van der Waals surface area contributed by atoms with Gasteiger partial charge < -0.3 is 10.0 Å². The Morgan fingerprint density at radius 1 is 1.11 bits per heavy atom. The van der Waals surface area contributed by atoms with Gasteiger partial charge in [-0.15, -0.1) is 0 Å². The quantitative estimate of drug-likeness (QED) is 0.789. The van der Waals surface area contributed by atoms with Gasteiger partial charge in [-0.3, -0.25) is 0 Å². The summed E-state index contributed by atoms with van der Waals surface area (Å²) in [5.41, 5.74) is 2.22. The fourth-order valence-corrected chi connectivity index (χ4v) is 2.39. The molecule has 1 aromatic rings. The Morgan fingerprint density at radius 3 is 2.22 bits per heavy atom. The van der Waals surface area contributed by atoms with E-state index in [1.165, 1.54) is 18.5 Å². The Balaban J connectivity index is 2.94. The summed E-state index contributed by atoms with van der Waals surface area (Å²) >= 11 is 0. The van der Waals surface area contributed by atoms with Gasteiger partial charge in [0.2, 0.25) is 0 Å². The lowest BCUT2D eigenvalue weighted by Gasteiger charge is -2.30.